The fourth-order valence-electron chi connectivity index (χ4n) is 3.84. The van der Waals surface area contributed by atoms with Crippen LogP contribution < -0.4 is 10.6 Å². The molecule has 3 aromatic carbocycles. The summed E-state index contributed by atoms with van der Waals surface area (Å²) in [5, 5.41) is 8.33. The van der Waals surface area contributed by atoms with E-state index in [1.54, 1.807) is 0 Å². The van der Waals surface area contributed by atoms with Gasteiger partial charge in [0.05, 0.1) is 5.69 Å². The second-order valence-electron chi connectivity index (χ2n) is 8.09. The van der Waals surface area contributed by atoms with Crippen molar-refractivity contribution in [1.29, 1.82) is 0 Å². The maximum Gasteiger partial charge on any atom is 0.227 e. The Kier molecular flexibility index (Phi) is 7.83. The number of hydrogen-bond donors (Lipinski definition) is 2. The van der Waals surface area contributed by atoms with Crippen LogP contribution in [0.3, 0.4) is 0 Å². The van der Waals surface area contributed by atoms with Crippen molar-refractivity contribution >= 4 is 28.3 Å². The monoisotopic (exact) mass is 469 g/mol. The molecule has 0 saturated heterocycles. The van der Waals surface area contributed by atoms with Gasteiger partial charge in [0.1, 0.15) is 0 Å². The molecule has 0 aliphatic carbocycles. The van der Waals surface area contributed by atoms with Crippen molar-refractivity contribution < 1.29 is 9.59 Å². The molecule has 1 heterocycles. The fourth-order valence-corrected chi connectivity index (χ4v) is 4.58. The first-order chi connectivity index (χ1) is 16.6. The van der Waals surface area contributed by atoms with E-state index in [9.17, 15) is 9.59 Å². The van der Waals surface area contributed by atoms with E-state index in [4.69, 9.17) is 0 Å². The third-order valence-electron chi connectivity index (χ3n) is 5.58. The summed E-state index contributed by atoms with van der Waals surface area (Å²) in [5.74, 6) is -0.105. The van der Waals surface area contributed by atoms with Crippen LogP contribution in [0, 0.1) is 0 Å². The average molecular weight is 470 g/mol. The van der Waals surface area contributed by atoms with Crippen LogP contribution in [-0.2, 0) is 16.0 Å². The number of nitrogens with zero attached hydrogens (tertiary/aromatic N) is 1. The number of thiazole rings is 1. The van der Waals surface area contributed by atoms with Gasteiger partial charge in [-0.1, -0.05) is 84.9 Å². The third kappa shape index (κ3) is 6.39. The van der Waals surface area contributed by atoms with Gasteiger partial charge in [-0.25, -0.2) is 4.98 Å². The molecule has 0 spiro atoms. The Balaban J connectivity index is 1.40. The normalized spacial score (nSPS) is 10.8. The first kappa shape index (κ1) is 23.4. The van der Waals surface area contributed by atoms with Gasteiger partial charge in [0, 0.05) is 36.8 Å². The quantitative estimate of drug-likeness (QED) is 0.333. The van der Waals surface area contributed by atoms with E-state index >= 15 is 0 Å². The van der Waals surface area contributed by atoms with E-state index in [1.807, 2.05) is 66.0 Å². The number of anilines is 1. The molecule has 4 aromatic rings. The fraction of sp³-hybridized carbons (Fsp3) is 0.179. The van der Waals surface area contributed by atoms with Crippen LogP contribution in [0.1, 0.15) is 36.0 Å². The van der Waals surface area contributed by atoms with Gasteiger partial charge >= 0.3 is 0 Å². The summed E-state index contributed by atoms with van der Waals surface area (Å²) in [6.45, 7) is 2.14. The summed E-state index contributed by atoms with van der Waals surface area (Å²) in [4.78, 5) is 28.6. The maximum absolute atomic E-state index is 12.9. The highest BCUT2D eigenvalue weighted by Gasteiger charge is 2.19. The zero-order valence-electron chi connectivity index (χ0n) is 19.0. The molecule has 6 heteroatoms. The van der Waals surface area contributed by atoms with Crippen LogP contribution >= 0.6 is 11.3 Å². The molecule has 34 heavy (non-hydrogen) atoms. The summed E-state index contributed by atoms with van der Waals surface area (Å²) in [7, 11) is 0. The number of carbonyl (C=O) groups is 2. The van der Waals surface area contributed by atoms with Gasteiger partial charge in [-0.15, -0.1) is 11.3 Å². The van der Waals surface area contributed by atoms with Crippen molar-refractivity contribution in [3.63, 3.8) is 0 Å². The highest BCUT2D eigenvalue weighted by atomic mass is 32.1. The lowest BCUT2D eigenvalue weighted by atomic mass is 9.88. The predicted octanol–water partition coefficient (Wildman–Crippen LogP) is 5.65. The van der Waals surface area contributed by atoms with E-state index in [0.717, 1.165) is 34.4 Å². The molecule has 1 aromatic heterocycles. The van der Waals surface area contributed by atoms with Gasteiger partial charge in [0.25, 0.3) is 0 Å². The summed E-state index contributed by atoms with van der Waals surface area (Å²) in [5.41, 5.74) is 5.20. The number of nitrogens with one attached hydrogen (secondary N) is 2. The van der Waals surface area contributed by atoms with Crippen LogP contribution in [0.5, 0.6) is 0 Å². The molecule has 0 saturated carbocycles. The van der Waals surface area contributed by atoms with Crippen molar-refractivity contribution in [1.82, 2.24) is 10.3 Å². The standard InChI is InChI=1S/C28H27N3O2S/c1-20(32)29-17-16-21-12-14-24(15-13-21)26-19-34-28(30-26)31-27(33)18-25(22-8-4-2-5-9-22)23-10-6-3-7-11-23/h2-15,19,25H,16-18H2,1H3,(H,29,32)(H,30,31,33). The molecule has 0 radical (unpaired) electrons. The number of hydrogen-bond acceptors (Lipinski definition) is 4. The van der Waals surface area contributed by atoms with E-state index in [2.05, 4.69) is 39.9 Å². The van der Waals surface area contributed by atoms with Crippen molar-refractivity contribution in [2.24, 2.45) is 0 Å². The Morgan fingerprint density at radius 1 is 0.882 bits per heavy atom. The van der Waals surface area contributed by atoms with Gasteiger partial charge in [-0.05, 0) is 23.1 Å². The van der Waals surface area contributed by atoms with E-state index in [1.165, 1.54) is 18.3 Å². The SMILES string of the molecule is CC(=O)NCCc1ccc(-c2csc(NC(=O)CC(c3ccccc3)c3ccccc3)n2)cc1. The highest BCUT2D eigenvalue weighted by Crippen LogP contribution is 2.29. The van der Waals surface area contributed by atoms with E-state index in [0.29, 0.717) is 18.1 Å². The molecule has 0 atom stereocenters. The average Bonchev–Trinajstić information content (AvgIpc) is 3.32. The van der Waals surface area contributed by atoms with Gasteiger partial charge in [0.15, 0.2) is 5.13 Å². The summed E-state index contributed by atoms with van der Waals surface area (Å²) < 4.78 is 0. The number of rotatable bonds is 9. The van der Waals surface area contributed by atoms with Crippen LogP contribution in [0.2, 0.25) is 0 Å². The molecular weight excluding hydrogens is 442 g/mol. The first-order valence-corrected chi connectivity index (χ1v) is 12.2. The van der Waals surface area contributed by atoms with Crippen LogP contribution in [0.4, 0.5) is 5.13 Å². The molecule has 2 N–H and O–H groups in total. The zero-order valence-corrected chi connectivity index (χ0v) is 19.8. The van der Waals surface area contributed by atoms with Crippen molar-refractivity contribution in [2.75, 3.05) is 11.9 Å². The summed E-state index contributed by atoms with van der Waals surface area (Å²) in [6, 6.07) is 28.3. The molecule has 5 nitrogen and oxygen atoms in total. The van der Waals surface area contributed by atoms with Crippen LogP contribution in [-0.4, -0.2) is 23.3 Å². The highest BCUT2D eigenvalue weighted by molar-refractivity contribution is 7.14. The molecule has 0 aliphatic heterocycles. The molecule has 0 bridgehead atoms. The minimum atomic E-state index is -0.0630. The Labute approximate surface area is 203 Å². The maximum atomic E-state index is 12.9. The lowest BCUT2D eigenvalue weighted by molar-refractivity contribution is -0.119. The Morgan fingerprint density at radius 3 is 2.09 bits per heavy atom. The predicted molar refractivity (Wildman–Crippen MR) is 138 cm³/mol. The Hall–Kier alpha value is -3.77. The minimum absolute atomic E-state index is 0.0208. The second-order valence-corrected chi connectivity index (χ2v) is 8.95. The van der Waals surface area contributed by atoms with E-state index in [-0.39, 0.29) is 17.7 Å². The molecule has 0 unspecified atom stereocenters. The summed E-state index contributed by atoms with van der Waals surface area (Å²) in [6.07, 6.45) is 1.12. The Morgan fingerprint density at radius 2 is 1.50 bits per heavy atom. The first-order valence-electron chi connectivity index (χ1n) is 11.3. The van der Waals surface area contributed by atoms with Gasteiger partial charge < -0.3 is 10.6 Å². The molecular formula is C28H27N3O2S. The second kappa shape index (κ2) is 11.4. The molecule has 0 fully saturated rings. The van der Waals surface area contributed by atoms with Crippen LogP contribution in [0.15, 0.2) is 90.3 Å². The van der Waals surface area contributed by atoms with Gasteiger partial charge in [-0.2, -0.15) is 0 Å². The van der Waals surface area contributed by atoms with Gasteiger partial charge in [0.2, 0.25) is 11.8 Å². The lowest BCUT2D eigenvalue weighted by Gasteiger charge is -2.17. The number of carbonyl (C=O) groups excluding carboxylic acids is 2. The minimum Gasteiger partial charge on any atom is -0.356 e. The molecule has 0 aliphatic rings. The van der Waals surface area contributed by atoms with Crippen molar-refractivity contribution in [2.45, 2.75) is 25.7 Å². The lowest BCUT2D eigenvalue weighted by Crippen LogP contribution is -2.22. The summed E-state index contributed by atoms with van der Waals surface area (Å²) >= 11 is 1.42. The van der Waals surface area contributed by atoms with Crippen LogP contribution in [0.25, 0.3) is 11.3 Å². The molecule has 2 amide bonds. The van der Waals surface area contributed by atoms with Gasteiger partial charge in [-0.3, -0.25) is 9.59 Å². The largest absolute Gasteiger partial charge is 0.356 e. The molecule has 4 rings (SSSR count). The zero-order chi connectivity index (χ0) is 23.8. The number of amides is 2. The van der Waals surface area contributed by atoms with Crippen molar-refractivity contribution in [3.05, 3.63) is 107 Å². The number of aromatic nitrogens is 1. The third-order valence-corrected chi connectivity index (χ3v) is 6.34. The van der Waals surface area contributed by atoms with Crippen molar-refractivity contribution in [3.8, 4) is 11.3 Å². The molecule has 172 valence electrons. The smallest absolute Gasteiger partial charge is 0.227 e. The van der Waals surface area contributed by atoms with E-state index < -0.39 is 0 Å². The topological polar surface area (TPSA) is 71.1 Å². The Bertz CT molecular complexity index is 1180. The number of benzene rings is 3.